The van der Waals surface area contributed by atoms with Crippen LogP contribution < -0.4 is 22.9 Å². The van der Waals surface area contributed by atoms with Gasteiger partial charge in [-0.3, -0.25) is 0 Å². The standard InChI is InChI=1S/C18H16.C12H14N4.ClH/c1-3-7-15-13(5-1)9-11-18-16-8-4-2-6-14(16)10-12-17(15)18;13-8-3-1-7(2-4-8)9-5-6-10(14)12(16)11(9)15;/h1,3,5,7,9-12H,2,4,6,8H2;1-6H,13-16H2;1H. The minimum atomic E-state index is 0. The Hall–Kier alpha value is -3.89. The van der Waals surface area contributed by atoms with E-state index in [-0.39, 0.29) is 12.4 Å². The van der Waals surface area contributed by atoms with Gasteiger partial charge in [0.05, 0.1) is 17.1 Å². The van der Waals surface area contributed by atoms with E-state index in [0.717, 1.165) is 11.1 Å². The van der Waals surface area contributed by atoms with Crippen molar-refractivity contribution in [2.45, 2.75) is 25.7 Å². The van der Waals surface area contributed by atoms with E-state index in [2.05, 4.69) is 48.5 Å². The van der Waals surface area contributed by atoms with Gasteiger partial charge in [0.15, 0.2) is 0 Å². The highest BCUT2D eigenvalue weighted by Crippen LogP contribution is 2.34. The molecule has 0 bridgehead atoms. The summed E-state index contributed by atoms with van der Waals surface area (Å²) in [6.07, 6.45) is 5.22. The molecule has 0 aromatic heterocycles. The van der Waals surface area contributed by atoms with Crippen molar-refractivity contribution in [1.29, 1.82) is 0 Å². The number of benzene rings is 5. The Morgan fingerprint density at radius 3 is 2.06 bits per heavy atom. The zero-order chi connectivity index (χ0) is 23.7. The van der Waals surface area contributed by atoms with Crippen molar-refractivity contribution in [2.75, 3.05) is 22.9 Å². The van der Waals surface area contributed by atoms with Crippen molar-refractivity contribution in [2.24, 2.45) is 0 Å². The Bertz CT molecular complexity index is 1490. The van der Waals surface area contributed by atoms with Gasteiger partial charge >= 0.3 is 0 Å². The maximum absolute atomic E-state index is 5.92. The van der Waals surface area contributed by atoms with Crippen LogP contribution in [0.15, 0.2) is 84.9 Å². The number of hydrogen-bond acceptors (Lipinski definition) is 4. The second kappa shape index (κ2) is 10.2. The van der Waals surface area contributed by atoms with Crippen LogP contribution in [0, 0.1) is 0 Å². The molecule has 0 amide bonds. The average molecular weight is 483 g/mol. The summed E-state index contributed by atoms with van der Waals surface area (Å²) < 4.78 is 0. The van der Waals surface area contributed by atoms with Gasteiger partial charge in [-0.1, -0.05) is 66.7 Å². The molecule has 0 radical (unpaired) electrons. The van der Waals surface area contributed by atoms with Crippen LogP contribution in [0.25, 0.3) is 32.7 Å². The van der Waals surface area contributed by atoms with Gasteiger partial charge in [0.25, 0.3) is 0 Å². The molecule has 4 nitrogen and oxygen atoms in total. The molecule has 1 aliphatic rings. The molecule has 0 aliphatic heterocycles. The van der Waals surface area contributed by atoms with Crippen LogP contribution in [0.3, 0.4) is 0 Å². The van der Waals surface area contributed by atoms with Gasteiger partial charge in [-0.2, -0.15) is 0 Å². The number of hydrogen-bond donors (Lipinski definition) is 4. The normalized spacial score (nSPS) is 12.3. The van der Waals surface area contributed by atoms with Gasteiger partial charge in [-0.05, 0) is 82.1 Å². The van der Waals surface area contributed by atoms with Crippen molar-refractivity contribution in [1.82, 2.24) is 0 Å². The van der Waals surface area contributed by atoms with E-state index in [1.54, 1.807) is 17.2 Å². The van der Waals surface area contributed by atoms with Crippen molar-refractivity contribution >= 4 is 56.7 Å². The molecule has 0 atom stereocenters. The third-order valence-electron chi connectivity index (χ3n) is 6.80. The molecule has 5 aromatic rings. The number of fused-ring (bicyclic) bond motifs is 5. The zero-order valence-electron chi connectivity index (χ0n) is 19.6. The summed E-state index contributed by atoms with van der Waals surface area (Å²) in [5, 5.41) is 5.64. The average Bonchev–Trinajstić information content (AvgIpc) is 2.88. The van der Waals surface area contributed by atoms with Gasteiger partial charge in [0.1, 0.15) is 0 Å². The summed E-state index contributed by atoms with van der Waals surface area (Å²) in [4.78, 5) is 0. The second-order valence-electron chi connectivity index (χ2n) is 8.94. The first-order chi connectivity index (χ1) is 16.5. The molecule has 0 saturated carbocycles. The quantitative estimate of drug-likeness (QED) is 0.153. The van der Waals surface area contributed by atoms with Gasteiger partial charge in [-0.25, -0.2) is 0 Å². The lowest BCUT2D eigenvalue weighted by atomic mass is 9.86. The summed E-state index contributed by atoms with van der Waals surface area (Å²) in [6, 6.07) is 29.0. The van der Waals surface area contributed by atoms with Crippen molar-refractivity contribution < 1.29 is 0 Å². The maximum Gasteiger partial charge on any atom is 0.0787 e. The fraction of sp³-hybridized carbons (Fsp3) is 0.133. The number of nitrogen functional groups attached to an aromatic ring is 4. The van der Waals surface area contributed by atoms with Gasteiger partial charge < -0.3 is 22.9 Å². The third-order valence-corrected chi connectivity index (χ3v) is 6.80. The first-order valence-corrected chi connectivity index (χ1v) is 11.7. The van der Waals surface area contributed by atoms with E-state index >= 15 is 0 Å². The molecule has 6 rings (SSSR count). The molecular weight excluding hydrogens is 452 g/mol. The first-order valence-electron chi connectivity index (χ1n) is 11.7. The van der Waals surface area contributed by atoms with E-state index in [9.17, 15) is 0 Å². The molecular formula is C30H31ClN4. The monoisotopic (exact) mass is 482 g/mol. The highest BCUT2D eigenvalue weighted by molar-refractivity contribution is 6.08. The van der Waals surface area contributed by atoms with Crippen LogP contribution in [-0.4, -0.2) is 0 Å². The minimum absolute atomic E-state index is 0. The summed E-state index contributed by atoms with van der Waals surface area (Å²) >= 11 is 0. The Kier molecular flexibility index (Phi) is 7.04. The molecule has 35 heavy (non-hydrogen) atoms. The highest BCUT2D eigenvalue weighted by Gasteiger charge is 2.13. The number of halogens is 1. The van der Waals surface area contributed by atoms with Crippen LogP contribution in [-0.2, 0) is 12.8 Å². The van der Waals surface area contributed by atoms with Crippen LogP contribution in [0.1, 0.15) is 24.0 Å². The van der Waals surface area contributed by atoms with Crippen molar-refractivity contribution in [3.8, 4) is 11.1 Å². The molecule has 5 aromatic carbocycles. The number of anilines is 4. The Balaban J connectivity index is 0.000000162. The molecule has 178 valence electrons. The van der Waals surface area contributed by atoms with Crippen LogP contribution in [0.5, 0.6) is 0 Å². The predicted molar refractivity (Wildman–Crippen MR) is 155 cm³/mol. The maximum atomic E-state index is 5.92. The minimum Gasteiger partial charge on any atom is -0.399 e. The first kappa shape index (κ1) is 24.2. The third kappa shape index (κ3) is 4.71. The van der Waals surface area contributed by atoms with E-state index in [4.69, 9.17) is 22.9 Å². The van der Waals surface area contributed by atoms with E-state index < -0.39 is 0 Å². The van der Waals surface area contributed by atoms with Crippen LogP contribution >= 0.6 is 12.4 Å². The van der Waals surface area contributed by atoms with Crippen molar-refractivity contribution in [3.05, 3.63) is 96.1 Å². The highest BCUT2D eigenvalue weighted by atomic mass is 35.5. The van der Waals surface area contributed by atoms with Crippen LogP contribution in [0.4, 0.5) is 22.7 Å². The topological polar surface area (TPSA) is 104 Å². The summed E-state index contributed by atoms with van der Waals surface area (Å²) in [5.41, 5.74) is 30.1. The summed E-state index contributed by atoms with van der Waals surface area (Å²) in [6.45, 7) is 0. The molecule has 0 heterocycles. The largest absolute Gasteiger partial charge is 0.399 e. The zero-order valence-corrected chi connectivity index (χ0v) is 20.4. The molecule has 8 N–H and O–H groups in total. The SMILES string of the molecule is Cl.Nc1ccc(-c2ccc(N)c(N)c2N)cc1.c1ccc2c(c1)ccc1c3c(ccc12)CCCC3. The molecule has 1 aliphatic carbocycles. The number of rotatable bonds is 1. The molecule has 0 unspecified atom stereocenters. The van der Waals surface area contributed by atoms with Gasteiger partial charge in [0, 0.05) is 11.3 Å². The molecule has 0 fully saturated rings. The van der Waals surface area contributed by atoms with Gasteiger partial charge in [-0.15, -0.1) is 12.4 Å². The Morgan fingerprint density at radius 2 is 1.26 bits per heavy atom. The molecule has 5 heteroatoms. The lowest BCUT2D eigenvalue weighted by Gasteiger charge is -2.18. The smallest absolute Gasteiger partial charge is 0.0787 e. The predicted octanol–water partition coefficient (Wildman–Crippen LogP) is 6.98. The van der Waals surface area contributed by atoms with E-state index in [1.165, 1.54) is 47.2 Å². The van der Waals surface area contributed by atoms with Gasteiger partial charge in [0.2, 0.25) is 0 Å². The summed E-state index contributed by atoms with van der Waals surface area (Å²) in [7, 11) is 0. The van der Waals surface area contributed by atoms with E-state index in [0.29, 0.717) is 22.7 Å². The van der Waals surface area contributed by atoms with Crippen LogP contribution in [0.2, 0.25) is 0 Å². The fourth-order valence-corrected chi connectivity index (χ4v) is 4.91. The molecule has 0 saturated heterocycles. The Labute approximate surface area is 212 Å². The number of aryl methyl sites for hydroxylation is 2. The lowest BCUT2D eigenvalue weighted by molar-refractivity contribution is 0.690. The fourth-order valence-electron chi connectivity index (χ4n) is 4.91. The second-order valence-corrected chi connectivity index (χ2v) is 8.94. The molecule has 0 spiro atoms. The number of nitrogens with two attached hydrogens (primary N) is 4. The van der Waals surface area contributed by atoms with E-state index in [1.807, 2.05) is 30.3 Å². The lowest BCUT2D eigenvalue weighted by Crippen LogP contribution is -2.02. The van der Waals surface area contributed by atoms with Crippen molar-refractivity contribution in [3.63, 3.8) is 0 Å². The summed E-state index contributed by atoms with van der Waals surface area (Å²) in [5.74, 6) is 0. The Morgan fingerprint density at radius 1 is 0.543 bits per heavy atom.